The molecule has 0 aromatic carbocycles. The normalized spacial score (nSPS) is 12.6. The van der Waals surface area contributed by atoms with Gasteiger partial charge >= 0.3 is 0 Å². The molecular formula is C13H18N4O. The van der Waals surface area contributed by atoms with E-state index in [4.69, 9.17) is 10.3 Å². The lowest BCUT2D eigenvalue weighted by Gasteiger charge is -2.01. The van der Waals surface area contributed by atoms with Crippen molar-refractivity contribution < 1.29 is 4.52 Å². The van der Waals surface area contributed by atoms with Gasteiger partial charge in [-0.25, -0.2) is 0 Å². The predicted molar refractivity (Wildman–Crippen MR) is 68.9 cm³/mol. The number of nitrogens with zero attached hydrogens (tertiary/aromatic N) is 3. The Labute approximate surface area is 106 Å². The van der Waals surface area contributed by atoms with Gasteiger partial charge in [0.1, 0.15) is 5.69 Å². The first kappa shape index (κ1) is 12.7. The molecule has 0 aliphatic rings. The van der Waals surface area contributed by atoms with Crippen LogP contribution in [0.25, 0.3) is 11.5 Å². The van der Waals surface area contributed by atoms with Gasteiger partial charge in [-0.3, -0.25) is 4.98 Å². The van der Waals surface area contributed by atoms with Crippen LogP contribution in [0.4, 0.5) is 0 Å². The Bertz CT molecular complexity index is 507. The molecule has 5 nitrogen and oxygen atoms in total. The molecule has 2 heterocycles. The lowest BCUT2D eigenvalue weighted by Crippen LogP contribution is -2.15. The van der Waals surface area contributed by atoms with Crippen LogP contribution in [0, 0.1) is 0 Å². The maximum atomic E-state index is 5.70. The highest BCUT2D eigenvalue weighted by Gasteiger charge is 2.13. The molecule has 1 unspecified atom stereocenters. The van der Waals surface area contributed by atoms with Crippen molar-refractivity contribution in [2.24, 2.45) is 5.73 Å². The third-order valence-corrected chi connectivity index (χ3v) is 2.77. The number of nitrogens with two attached hydrogens (primary N) is 1. The van der Waals surface area contributed by atoms with Crippen LogP contribution in [-0.2, 0) is 12.8 Å². The van der Waals surface area contributed by atoms with Crippen molar-refractivity contribution in [3.63, 3.8) is 0 Å². The zero-order valence-electron chi connectivity index (χ0n) is 10.8. The molecule has 0 fully saturated rings. The Hall–Kier alpha value is -1.75. The highest BCUT2D eigenvalue weighted by Crippen LogP contribution is 2.18. The molecule has 0 amide bonds. The number of pyridine rings is 1. The zero-order valence-corrected chi connectivity index (χ0v) is 10.8. The Morgan fingerprint density at radius 3 is 3.00 bits per heavy atom. The SMILES string of the molecule is CCc1cccnc1-c1noc(CCC(C)N)n1. The summed E-state index contributed by atoms with van der Waals surface area (Å²) in [5, 5.41) is 3.98. The van der Waals surface area contributed by atoms with E-state index in [9.17, 15) is 0 Å². The highest BCUT2D eigenvalue weighted by molar-refractivity contribution is 5.53. The van der Waals surface area contributed by atoms with E-state index in [1.807, 2.05) is 19.1 Å². The van der Waals surface area contributed by atoms with E-state index in [0.29, 0.717) is 18.1 Å². The summed E-state index contributed by atoms with van der Waals surface area (Å²) in [5.74, 6) is 1.18. The van der Waals surface area contributed by atoms with Gasteiger partial charge < -0.3 is 10.3 Å². The topological polar surface area (TPSA) is 77.8 Å². The van der Waals surface area contributed by atoms with Crippen molar-refractivity contribution in [2.45, 2.75) is 39.2 Å². The molecule has 96 valence electrons. The second kappa shape index (κ2) is 5.73. The maximum absolute atomic E-state index is 5.70. The fourth-order valence-electron chi connectivity index (χ4n) is 1.73. The summed E-state index contributed by atoms with van der Waals surface area (Å²) in [6.45, 7) is 4.04. The quantitative estimate of drug-likeness (QED) is 0.872. The first-order valence-electron chi connectivity index (χ1n) is 6.23. The average Bonchev–Trinajstić information content (AvgIpc) is 2.85. The van der Waals surface area contributed by atoms with E-state index in [1.54, 1.807) is 6.20 Å². The summed E-state index contributed by atoms with van der Waals surface area (Å²) in [6, 6.07) is 4.08. The van der Waals surface area contributed by atoms with Gasteiger partial charge in [0, 0.05) is 18.7 Å². The lowest BCUT2D eigenvalue weighted by molar-refractivity contribution is 0.372. The van der Waals surface area contributed by atoms with Crippen LogP contribution in [0.15, 0.2) is 22.9 Å². The van der Waals surface area contributed by atoms with Crippen molar-refractivity contribution in [3.8, 4) is 11.5 Å². The van der Waals surface area contributed by atoms with Crippen molar-refractivity contribution in [3.05, 3.63) is 29.8 Å². The van der Waals surface area contributed by atoms with Crippen LogP contribution < -0.4 is 5.73 Å². The van der Waals surface area contributed by atoms with Crippen LogP contribution in [0.2, 0.25) is 0 Å². The first-order valence-corrected chi connectivity index (χ1v) is 6.23. The molecule has 0 spiro atoms. The monoisotopic (exact) mass is 246 g/mol. The summed E-state index contributed by atoms with van der Waals surface area (Å²) in [6.07, 6.45) is 4.18. The van der Waals surface area contributed by atoms with Crippen molar-refractivity contribution >= 4 is 0 Å². The lowest BCUT2D eigenvalue weighted by atomic mass is 10.1. The zero-order chi connectivity index (χ0) is 13.0. The third-order valence-electron chi connectivity index (χ3n) is 2.77. The molecule has 0 aliphatic heterocycles. The van der Waals surface area contributed by atoms with Crippen LogP contribution in [-0.4, -0.2) is 21.2 Å². The molecule has 2 aromatic rings. The van der Waals surface area contributed by atoms with Crippen LogP contribution in [0.5, 0.6) is 0 Å². The summed E-state index contributed by atoms with van der Waals surface area (Å²) in [4.78, 5) is 8.68. The smallest absolute Gasteiger partial charge is 0.227 e. The van der Waals surface area contributed by atoms with Gasteiger partial charge in [-0.15, -0.1) is 0 Å². The van der Waals surface area contributed by atoms with Crippen LogP contribution in [0.1, 0.15) is 31.7 Å². The van der Waals surface area contributed by atoms with E-state index < -0.39 is 0 Å². The third kappa shape index (κ3) is 2.92. The van der Waals surface area contributed by atoms with Gasteiger partial charge in [-0.05, 0) is 31.4 Å². The fraction of sp³-hybridized carbons (Fsp3) is 0.462. The molecule has 1 atom stereocenters. The van der Waals surface area contributed by atoms with Gasteiger partial charge in [0.25, 0.3) is 0 Å². The highest BCUT2D eigenvalue weighted by atomic mass is 16.5. The van der Waals surface area contributed by atoms with Crippen molar-refractivity contribution in [2.75, 3.05) is 0 Å². The second-order valence-electron chi connectivity index (χ2n) is 4.39. The minimum atomic E-state index is 0.140. The Morgan fingerprint density at radius 2 is 2.28 bits per heavy atom. The predicted octanol–water partition coefficient (Wildman–Crippen LogP) is 1.97. The van der Waals surface area contributed by atoms with Gasteiger partial charge in [-0.1, -0.05) is 18.1 Å². The molecule has 0 aliphatic carbocycles. The van der Waals surface area contributed by atoms with Gasteiger partial charge in [0.15, 0.2) is 0 Å². The number of aryl methyl sites for hydroxylation is 2. The fourth-order valence-corrected chi connectivity index (χ4v) is 1.73. The number of hydrogen-bond acceptors (Lipinski definition) is 5. The van der Waals surface area contributed by atoms with E-state index in [2.05, 4.69) is 22.0 Å². The Kier molecular flexibility index (Phi) is 4.04. The second-order valence-corrected chi connectivity index (χ2v) is 4.39. The van der Waals surface area contributed by atoms with E-state index in [0.717, 1.165) is 24.1 Å². The first-order chi connectivity index (χ1) is 8.70. The summed E-state index contributed by atoms with van der Waals surface area (Å²) in [5.41, 5.74) is 7.63. The summed E-state index contributed by atoms with van der Waals surface area (Å²) < 4.78 is 5.21. The average molecular weight is 246 g/mol. The van der Waals surface area contributed by atoms with E-state index >= 15 is 0 Å². The molecular weight excluding hydrogens is 228 g/mol. The van der Waals surface area contributed by atoms with Crippen molar-refractivity contribution in [1.29, 1.82) is 0 Å². The van der Waals surface area contributed by atoms with Gasteiger partial charge in [0.05, 0.1) is 0 Å². The maximum Gasteiger partial charge on any atom is 0.227 e. The molecule has 5 heteroatoms. The molecule has 18 heavy (non-hydrogen) atoms. The van der Waals surface area contributed by atoms with Crippen molar-refractivity contribution in [1.82, 2.24) is 15.1 Å². The van der Waals surface area contributed by atoms with Gasteiger partial charge in [-0.2, -0.15) is 4.98 Å². The molecule has 2 aromatic heterocycles. The number of rotatable bonds is 5. The number of aromatic nitrogens is 3. The molecule has 0 saturated heterocycles. The van der Waals surface area contributed by atoms with Gasteiger partial charge in [0.2, 0.25) is 11.7 Å². The summed E-state index contributed by atoms with van der Waals surface area (Å²) in [7, 11) is 0. The minimum Gasteiger partial charge on any atom is -0.339 e. The molecule has 0 radical (unpaired) electrons. The Balaban J connectivity index is 2.18. The minimum absolute atomic E-state index is 0.140. The van der Waals surface area contributed by atoms with E-state index in [-0.39, 0.29) is 6.04 Å². The van der Waals surface area contributed by atoms with Crippen LogP contribution >= 0.6 is 0 Å². The van der Waals surface area contributed by atoms with Crippen LogP contribution in [0.3, 0.4) is 0 Å². The molecule has 0 bridgehead atoms. The molecule has 0 saturated carbocycles. The summed E-state index contributed by atoms with van der Waals surface area (Å²) >= 11 is 0. The largest absolute Gasteiger partial charge is 0.339 e. The number of hydrogen-bond donors (Lipinski definition) is 1. The van der Waals surface area contributed by atoms with E-state index in [1.165, 1.54) is 0 Å². The molecule has 2 rings (SSSR count). The molecule has 2 N–H and O–H groups in total. The Morgan fingerprint density at radius 1 is 1.44 bits per heavy atom. The standard InChI is InChI=1S/C13H18N4O/c1-3-10-5-4-8-15-12(10)13-16-11(18-17-13)7-6-9(2)14/h4-5,8-9H,3,6-7,14H2,1-2H3.